The molecule has 0 bridgehead atoms. The summed E-state index contributed by atoms with van der Waals surface area (Å²) in [5, 5.41) is 23.7. The fraction of sp³-hybridized carbons (Fsp3) is 0.111. The molecule has 160 valence electrons. The summed E-state index contributed by atoms with van der Waals surface area (Å²) in [5.74, 6) is -1.91. The van der Waals surface area contributed by atoms with E-state index < -0.39 is 27.6 Å². The third-order valence-corrected chi connectivity index (χ3v) is 4.87. The molecule has 0 aliphatic carbocycles. The highest BCUT2D eigenvalue weighted by Gasteiger charge is 2.20. The van der Waals surface area contributed by atoms with Crippen LogP contribution in [0.3, 0.4) is 0 Å². The fourth-order valence-corrected chi connectivity index (χ4v) is 3.11. The van der Waals surface area contributed by atoms with E-state index in [0.29, 0.717) is 16.9 Å². The Kier molecular flexibility index (Phi) is 6.26. The molecule has 2 heterocycles. The Bertz CT molecular complexity index is 1170. The first-order valence-corrected chi connectivity index (χ1v) is 9.26. The van der Waals surface area contributed by atoms with Gasteiger partial charge in [0.25, 0.3) is 5.91 Å². The number of hydrogen-bond acceptors (Lipinski definition) is 10. The monoisotopic (exact) mass is 447 g/mol. The number of ether oxygens (including phenoxy) is 2. The van der Waals surface area contributed by atoms with Crippen molar-refractivity contribution < 1.29 is 33.3 Å². The quantitative estimate of drug-likeness (QED) is 0.236. The topological polar surface area (TPSA) is 164 Å². The Morgan fingerprint density at radius 3 is 2.45 bits per heavy atom. The van der Waals surface area contributed by atoms with Crippen molar-refractivity contribution in [3.63, 3.8) is 0 Å². The number of rotatable bonds is 8. The van der Waals surface area contributed by atoms with Gasteiger partial charge in [-0.1, -0.05) is 17.4 Å². The molecule has 3 rings (SSSR count). The van der Waals surface area contributed by atoms with Gasteiger partial charge in [-0.05, 0) is 29.8 Å². The van der Waals surface area contributed by atoms with Gasteiger partial charge in [0.15, 0.2) is 17.3 Å². The molecule has 0 atom stereocenters. The summed E-state index contributed by atoms with van der Waals surface area (Å²) >= 11 is 0.685. The maximum absolute atomic E-state index is 12.2. The zero-order valence-corrected chi connectivity index (χ0v) is 16.5. The Morgan fingerprint density at radius 2 is 1.84 bits per heavy atom. The average molecular weight is 447 g/mol. The lowest BCUT2D eigenvalue weighted by atomic mass is 10.2. The average Bonchev–Trinajstić information content (AvgIpc) is 3.43. The van der Waals surface area contributed by atoms with E-state index in [1.807, 2.05) is 0 Å². The number of furan rings is 1. The summed E-state index contributed by atoms with van der Waals surface area (Å²) in [4.78, 5) is 44.3. The van der Waals surface area contributed by atoms with Crippen molar-refractivity contribution in [1.29, 1.82) is 0 Å². The van der Waals surface area contributed by atoms with E-state index in [1.54, 1.807) is 6.07 Å². The highest BCUT2D eigenvalue weighted by Crippen LogP contribution is 2.31. The second kappa shape index (κ2) is 9.04. The summed E-state index contributed by atoms with van der Waals surface area (Å²) in [6.45, 7) is 0.0367. The molecular formula is C18H13N3O9S. The van der Waals surface area contributed by atoms with Gasteiger partial charge in [-0.15, -0.1) is 0 Å². The third-order valence-electron chi connectivity index (χ3n) is 3.85. The first-order chi connectivity index (χ1) is 14.8. The van der Waals surface area contributed by atoms with Crippen LogP contribution >= 0.6 is 11.3 Å². The van der Waals surface area contributed by atoms with Crippen molar-refractivity contribution in [3.05, 3.63) is 78.9 Å². The van der Waals surface area contributed by atoms with E-state index in [1.165, 1.54) is 37.4 Å². The van der Waals surface area contributed by atoms with Crippen LogP contribution < -0.4 is 14.8 Å². The van der Waals surface area contributed by atoms with Gasteiger partial charge in [0.05, 0.1) is 18.1 Å². The molecule has 12 nitrogen and oxygen atoms in total. The van der Waals surface area contributed by atoms with Gasteiger partial charge >= 0.3 is 16.9 Å². The molecule has 0 aliphatic heterocycles. The molecule has 1 aromatic carbocycles. The van der Waals surface area contributed by atoms with Crippen LogP contribution in [-0.2, 0) is 6.54 Å². The number of carbonyl (C=O) groups excluding carboxylic acids is 2. The number of carbonyl (C=O) groups is 2. The predicted molar refractivity (Wildman–Crippen MR) is 105 cm³/mol. The molecule has 2 aromatic heterocycles. The summed E-state index contributed by atoms with van der Waals surface area (Å²) in [5.41, 5.74) is 0.581. The molecule has 13 heteroatoms. The number of nitrogens with zero attached hydrogens (tertiary/aromatic N) is 2. The normalized spacial score (nSPS) is 10.4. The number of nitro groups is 2. The molecule has 0 saturated carbocycles. The van der Waals surface area contributed by atoms with Crippen molar-refractivity contribution >= 4 is 34.1 Å². The van der Waals surface area contributed by atoms with Crippen molar-refractivity contribution in [3.8, 4) is 11.5 Å². The number of esters is 1. The first kappa shape index (κ1) is 21.4. The number of amides is 1. The molecule has 0 aliphatic rings. The van der Waals surface area contributed by atoms with Crippen LogP contribution in [0.4, 0.5) is 10.9 Å². The standard InChI is InChI=1S/C18H13N3O9S/c1-28-13-8-10(9-19-17(22)12-4-6-15(29-12)20(24)25)2-3-11(13)30-18(23)14-5-7-16(31-14)21(26)27/h2-8H,9H2,1H3,(H,19,22). The van der Waals surface area contributed by atoms with Crippen molar-refractivity contribution in [1.82, 2.24) is 5.32 Å². The summed E-state index contributed by atoms with van der Waals surface area (Å²) < 4.78 is 15.3. The fourth-order valence-electron chi connectivity index (χ4n) is 2.41. The van der Waals surface area contributed by atoms with Gasteiger partial charge in [-0.3, -0.25) is 25.0 Å². The number of thiophene rings is 1. The second-order valence-corrected chi connectivity index (χ2v) is 6.91. The van der Waals surface area contributed by atoms with Crippen LogP contribution in [0.1, 0.15) is 25.8 Å². The van der Waals surface area contributed by atoms with Crippen LogP contribution in [0, 0.1) is 20.2 Å². The SMILES string of the molecule is COc1cc(CNC(=O)c2ccc([N+](=O)[O-])o2)ccc1OC(=O)c1ccc([N+](=O)[O-])s1. The maximum atomic E-state index is 12.2. The van der Waals surface area contributed by atoms with Gasteiger partial charge in [0.2, 0.25) is 0 Å². The van der Waals surface area contributed by atoms with Gasteiger partial charge in [0, 0.05) is 12.6 Å². The smallest absolute Gasteiger partial charge is 0.433 e. The zero-order chi connectivity index (χ0) is 22.5. The Morgan fingerprint density at radius 1 is 1.06 bits per heavy atom. The first-order valence-electron chi connectivity index (χ1n) is 8.44. The van der Waals surface area contributed by atoms with E-state index >= 15 is 0 Å². The van der Waals surface area contributed by atoms with Crippen LogP contribution in [0.15, 0.2) is 46.9 Å². The second-order valence-electron chi connectivity index (χ2n) is 5.85. The molecule has 0 spiro atoms. The Balaban J connectivity index is 1.66. The molecule has 3 aromatic rings. The summed E-state index contributed by atoms with van der Waals surface area (Å²) in [6, 6.07) is 9.28. The Hall–Kier alpha value is -4.26. The van der Waals surface area contributed by atoms with Crippen LogP contribution in [0.5, 0.6) is 11.5 Å². The highest BCUT2D eigenvalue weighted by atomic mass is 32.1. The van der Waals surface area contributed by atoms with Crippen molar-refractivity contribution in [2.75, 3.05) is 7.11 Å². The van der Waals surface area contributed by atoms with Gasteiger partial charge in [-0.2, -0.15) is 0 Å². The lowest BCUT2D eigenvalue weighted by Crippen LogP contribution is -2.22. The Labute approximate surface area is 177 Å². The highest BCUT2D eigenvalue weighted by molar-refractivity contribution is 7.17. The van der Waals surface area contributed by atoms with E-state index in [0.717, 1.165) is 6.07 Å². The van der Waals surface area contributed by atoms with Crippen molar-refractivity contribution in [2.45, 2.75) is 6.54 Å². The van der Waals surface area contributed by atoms with Gasteiger partial charge in [0.1, 0.15) is 9.80 Å². The number of hydrogen-bond donors (Lipinski definition) is 1. The lowest BCUT2D eigenvalue weighted by Gasteiger charge is -2.11. The van der Waals surface area contributed by atoms with Crippen LogP contribution in [-0.4, -0.2) is 28.8 Å². The van der Waals surface area contributed by atoms with E-state index in [2.05, 4.69) is 5.32 Å². The molecule has 1 amide bonds. The largest absolute Gasteiger partial charge is 0.493 e. The predicted octanol–water partition coefficient (Wildman–Crippen LogP) is 3.32. The van der Waals surface area contributed by atoms with E-state index in [4.69, 9.17) is 13.9 Å². The van der Waals surface area contributed by atoms with Crippen LogP contribution in [0.25, 0.3) is 0 Å². The molecule has 0 fully saturated rings. The zero-order valence-electron chi connectivity index (χ0n) is 15.7. The molecule has 0 saturated heterocycles. The number of nitrogens with one attached hydrogen (secondary N) is 1. The van der Waals surface area contributed by atoms with Gasteiger partial charge in [-0.25, -0.2) is 4.79 Å². The van der Waals surface area contributed by atoms with E-state index in [-0.39, 0.29) is 33.7 Å². The number of methoxy groups -OCH3 is 1. The lowest BCUT2D eigenvalue weighted by molar-refractivity contribution is -0.402. The van der Waals surface area contributed by atoms with Gasteiger partial charge < -0.3 is 19.2 Å². The third kappa shape index (κ3) is 5.02. The number of benzene rings is 1. The minimum Gasteiger partial charge on any atom is -0.493 e. The summed E-state index contributed by atoms with van der Waals surface area (Å²) in [6.07, 6.45) is 0. The minimum atomic E-state index is -0.781. The molecule has 31 heavy (non-hydrogen) atoms. The summed E-state index contributed by atoms with van der Waals surface area (Å²) in [7, 11) is 1.35. The van der Waals surface area contributed by atoms with E-state index in [9.17, 15) is 29.8 Å². The molecular weight excluding hydrogens is 434 g/mol. The maximum Gasteiger partial charge on any atom is 0.433 e. The molecule has 0 unspecified atom stereocenters. The molecule has 1 N–H and O–H groups in total. The van der Waals surface area contributed by atoms with Crippen LogP contribution in [0.2, 0.25) is 0 Å². The van der Waals surface area contributed by atoms with Crippen molar-refractivity contribution in [2.24, 2.45) is 0 Å². The minimum absolute atomic E-state index is 0.0367. The molecule has 0 radical (unpaired) electrons.